The third-order valence-electron chi connectivity index (χ3n) is 3.70. The van der Waals surface area contributed by atoms with Crippen molar-refractivity contribution < 1.29 is 0 Å². The van der Waals surface area contributed by atoms with Gasteiger partial charge in [-0.3, -0.25) is 0 Å². The molecule has 1 aliphatic rings. The lowest BCUT2D eigenvalue weighted by Gasteiger charge is -2.28. The van der Waals surface area contributed by atoms with Gasteiger partial charge in [0.25, 0.3) is 0 Å². The minimum atomic E-state index is 0.832. The number of hydrazine groups is 1. The molecule has 2 nitrogen and oxygen atoms in total. The van der Waals surface area contributed by atoms with Crippen LogP contribution in [0.3, 0.4) is 0 Å². The first-order valence-electron chi connectivity index (χ1n) is 5.69. The van der Waals surface area contributed by atoms with Gasteiger partial charge in [0.2, 0.25) is 0 Å². The third kappa shape index (κ3) is 2.74. The predicted octanol–water partition coefficient (Wildman–Crippen LogP) is 2.91. The van der Waals surface area contributed by atoms with Crippen molar-refractivity contribution >= 4 is 0 Å². The molecule has 1 rings (SSSR count). The van der Waals surface area contributed by atoms with Crippen molar-refractivity contribution in [3.63, 3.8) is 0 Å². The normalized spacial score (nSPS) is 34.9. The van der Waals surface area contributed by atoms with Crippen molar-refractivity contribution in [2.24, 2.45) is 17.7 Å². The smallest absolute Gasteiger partial charge is 0.0277 e. The summed E-state index contributed by atoms with van der Waals surface area (Å²) in [6.45, 7) is 6.95. The highest BCUT2D eigenvalue weighted by Crippen LogP contribution is 2.30. The van der Waals surface area contributed by atoms with Gasteiger partial charge in [0.05, 0.1) is 0 Å². The molecular weight excluding hydrogens is 172 g/mol. The van der Waals surface area contributed by atoms with Gasteiger partial charge >= 0.3 is 0 Å². The van der Waals surface area contributed by atoms with Crippen LogP contribution in [0.25, 0.3) is 0 Å². The van der Waals surface area contributed by atoms with Gasteiger partial charge in [0.15, 0.2) is 0 Å². The first-order valence-corrected chi connectivity index (χ1v) is 5.69. The maximum Gasteiger partial charge on any atom is 0.0277 e. The number of hydrogen-bond acceptors (Lipinski definition) is 2. The van der Waals surface area contributed by atoms with Gasteiger partial charge in [-0.05, 0) is 44.4 Å². The van der Waals surface area contributed by atoms with Gasteiger partial charge in [-0.15, -0.1) is 0 Å². The molecule has 1 aliphatic carbocycles. The van der Waals surface area contributed by atoms with E-state index in [-0.39, 0.29) is 0 Å². The molecule has 0 aromatic rings. The fourth-order valence-corrected chi connectivity index (χ4v) is 2.21. The minimum absolute atomic E-state index is 0.832. The summed E-state index contributed by atoms with van der Waals surface area (Å²) < 4.78 is 0. The highest BCUT2D eigenvalue weighted by molar-refractivity contribution is 5.11. The number of rotatable bonds is 1. The molecule has 0 aromatic heterocycles. The van der Waals surface area contributed by atoms with E-state index in [0.717, 1.165) is 18.3 Å². The zero-order valence-electron chi connectivity index (χ0n) is 10.0. The molecule has 2 heteroatoms. The van der Waals surface area contributed by atoms with Crippen molar-refractivity contribution in [1.29, 1.82) is 0 Å². The molecule has 2 unspecified atom stereocenters. The number of allylic oxidation sites excluding steroid dienone is 2. The van der Waals surface area contributed by atoms with Crippen LogP contribution >= 0.6 is 0 Å². The molecule has 0 aliphatic heterocycles. The van der Waals surface area contributed by atoms with E-state index in [1.54, 1.807) is 5.01 Å². The topological polar surface area (TPSA) is 29.3 Å². The second-order valence-electron chi connectivity index (χ2n) is 4.87. The number of nitrogens with two attached hydrogens (primary N) is 1. The Balaban J connectivity index is 2.74. The van der Waals surface area contributed by atoms with E-state index in [1.165, 1.54) is 30.5 Å². The van der Waals surface area contributed by atoms with Crippen molar-refractivity contribution in [3.05, 3.63) is 11.3 Å². The van der Waals surface area contributed by atoms with Gasteiger partial charge < -0.3 is 5.01 Å². The van der Waals surface area contributed by atoms with Crippen LogP contribution in [-0.4, -0.2) is 12.1 Å². The first-order chi connectivity index (χ1) is 6.52. The van der Waals surface area contributed by atoms with Crippen LogP contribution in [0.4, 0.5) is 0 Å². The van der Waals surface area contributed by atoms with E-state index in [9.17, 15) is 0 Å². The molecule has 0 amide bonds. The van der Waals surface area contributed by atoms with Crippen LogP contribution in [-0.2, 0) is 0 Å². The fourth-order valence-electron chi connectivity index (χ4n) is 2.21. The summed E-state index contributed by atoms with van der Waals surface area (Å²) in [5, 5.41) is 1.80. The first kappa shape index (κ1) is 11.6. The highest BCUT2D eigenvalue weighted by atomic mass is 15.4. The molecule has 0 aromatic carbocycles. The molecule has 0 spiro atoms. The minimum Gasteiger partial charge on any atom is -0.318 e. The number of nitrogens with zero attached hydrogens (tertiary/aromatic N) is 1. The predicted molar refractivity (Wildman–Crippen MR) is 61.4 cm³/mol. The molecule has 0 saturated heterocycles. The number of hydrogen-bond donors (Lipinski definition) is 1. The second kappa shape index (κ2) is 4.83. The summed E-state index contributed by atoms with van der Waals surface area (Å²) in [4.78, 5) is 0. The van der Waals surface area contributed by atoms with Gasteiger partial charge in [0, 0.05) is 12.7 Å². The van der Waals surface area contributed by atoms with Gasteiger partial charge in [-0.1, -0.05) is 19.4 Å². The Bertz CT molecular complexity index is 218. The summed E-state index contributed by atoms with van der Waals surface area (Å²) in [7, 11) is 1.95. The SMILES string of the molecule is C/C1=C(\N(C)N)CCC(C)C(C)CC1. The largest absolute Gasteiger partial charge is 0.318 e. The average molecular weight is 196 g/mol. The van der Waals surface area contributed by atoms with Gasteiger partial charge in [-0.25, -0.2) is 5.84 Å². The zero-order chi connectivity index (χ0) is 10.7. The standard InChI is InChI=1S/C12H24N2/c1-9-5-6-11(3)12(14(4)13)8-7-10(9)2/h9-10H,5-8,13H2,1-4H3/b12-11+. The van der Waals surface area contributed by atoms with Crippen LogP contribution in [0.1, 0.15) is 46.5 Å². The Labute approximate surface area is 88.1 Å². The van der Waals surface area contributed by atoms with Crippen molar-refractivity contribution in [2.45, 2.75) is 46.5 Å². The zero-order valence-corrected chi connectivity index (χ0v) is 10.0. The fraction of sp³-hybridized carbons (Fsp3) is 0.833. The van der Waals surface area contributed by atoms with Crippen LogP contribution < -0.4 is 5.84 Å². The van der Waals surface area contributed by atoms with E-state index >= 15 is 0 Å². The summed E-state index contributed by atoms with van der Waals surface area (Å²) in [5.41, 5.74) is 2.83. The molecule has 14 heavy (non-hydrogen) atoms. The van der Waals surface area contributed by atoms with E-state index in [0.29, 0.717) is 0 Å². The van der Waals surface area contributed by atoms with Crippen molar-refractivity contribution in [2.75, 3.05) is 7.05 Å². The summed E-state index contributed by atoms with van der Waals surface area (Å²) >= 11 is 0. The van der Waals surface area contributed by atoms with Crippen LogP contribution in [0.15, 0.2) is 11.3 Å². The second-order valence-corrected chi connectivity index (χ2v) is 4.87. The lowest BCUT2D eigenvalue weighted by atomic mass is 9.83. The lowest BCUT2D eigenvalue weighted by molar-refractivity contribution is 0.309. The maximum atomic E-state index is 5.83. The Kier molecular flexibility index (Phi) is 3.99. The summed E-state index contributed by atoms with van der Waals surface area (Å²) in [6, 6.07) is 0. The van der Waals surface area contributed by atoms with Crippen molar-refractivity contribution in [1.82, 2.24) is 5.01 Å². The Morgan fingerprint density at radius 2 is 1.64 bits per heavy atom. The molecule has 2 atom stereocenters. The van der Waals surface area contributed by atoms with Gasteiger partial charge in [0.1, 0.15) is 0 Å². The van der Waals surface area contributed by atoms with E-state index in [1.807, 2.05) is 7.05 Å². The Morgan fingerprint density at radius 1 is 1.14 bits per heavy atom. The quantitative estimate of drug-likeness (QED) is 0.516. The van der Waals surface area contributed by atoms with Gasteiger partial charge in [-0.2, -0.15) is 0 Å². The third-order valence-corrected chi connectivity index (χ3v) is 3.70. The molecule has 0 fully saturated rings. The lowest BCUT2D eigenvalue weighted by Crippen LogP contribution is -2.27. The average Bonchev–Trinajstić information content (AvgIpc) is 2.11. The summed E-state index contributed by atoms with van der Waals surface area (Å²) in [6.07, 6.45) is 4.94. The van der Waals surface area contributed by atoms with Crippen LogP contribution in [0.5, 0.6) is 0 Å². The summed E-state index contributed by atoms with van der Waals surface area (Å²) in [5.74, 6) is 7.52. The van der Waals surface area contributed by atoms with E-state index in [2.05, 4.69) is 20.8 Å². The van der Waals surface area contributed by atoms with E-state index < -0.39 is 0 Å². The molecule has 2 N–H and O–H groups in total. The molecular formula is C12H24N2. The molecule has 0 bridgehead atoms. The van der Waals surface area contributed by atoms with Crippen molar-refractivity contribution in [3.8, 4) is 0 Å². The van der Waals surface area contributed by atoms with E-state index in [4.69, 9.17) is 5.84 Å². The maximum absolute atomic E-state index is 5.83. The highest BCUT2D eigenvalue weighted by Gasteiger charge is 2.18. The van der Waals surface area contributed by atoms with Crippen LogP contribution in [0, 0.1) is 11.8 Å². The molecule has 0 saturated carbocycles. The monoisotopic (exact) mass is 196 g/mol. The molecule has 82 valence electrons. The Morgan fingerprint density at radius 3 is 2.14 bits per heavy atom. The molecule has 0 heterocycles. The van der Waals surface area contributed by atoms with Crippen LogP contribution in [0.2, 0.25) is 0 Å². The Hall–Kier alpha value is -0.500. The molecule has 0 radical (unpaired) electrons.